The monoisotopic (exact) mass is 408 g/mol. The number of hydrogen-bond donors (Lipinski definition) is 2. The number of amides is 1. The van der Waals surface area contributed by atoms with Gasteiger partial charge in [0.25, 0.3) is 5.91 Å². The van der Waals surface area contributed by atoms with Gasteiger partial charge in [-0.3, -0.25) is 4.79 Å². The van der Waals surface area contributed by atoms with Crippen LogP contribution in [0.25, 0.3) is 0 Å². The van der Waals surface area contributed by atoms with E-state index in [0.29, 0.717) is 17.2 Å². The summed E-state index contributed by atoms with van der Waals surface area (Å²) in [6, 6.07) is 22.9. The van der Waals surface area contributed by atoms with Gasteiger partial charge in [0.1, 0.15) is 0 Å². The molecule has 2 N–H and O–H groups in total. The van der Waals surface area contributed by atoms with E-state index >= 15 is 0 Å². The SMILES string of the molecule is CC(C)c1ccc(C(=O)Nc2ccc(S(=O)(=O)NCc3ccccc3)cc2)cc1. The average molecular weight is 409 g/mol. The van der Waals surface area contributed by atoms with Crippen LogP contribution in [0.1, 0.15) is 41.3 Å². The molecular weight excluding hydrogens is 384 g/mol. The van der Waals surface area contributed by atoms with Crippen molar-refractivity contribution in [3.8, 4) is 0 Å². The minimum Gasteiger partial charge on any atom is -0.322 e. The largest absolute Gasteiger partial charge is 0.322 e. The zero-order valence-corrected chi connectivity index (χ0v) is 17.2. The number of hydrogen-bond acceptors (Lipinski definition) is 3. The van der Waals surface area contributed by atoms with Crippen molar-refractivity contribution in [1.29, 1.82) is 0 Å². The number of carbonyl (C=O) groups is 1. The highest BCUT2D eigenvalue weighted by Crippen LogP contribution is 2.17. The van der Waals surface area contributed by atoms with Gasteiger partial charge in [-0.2, -0.15) is 0 Å². The van der Waals surface area contributed by atoms with E-state index in [1.807, 2.05) is 42.5 Å². The van der Waals surface area contributed by atoms with Crippen molar-refractivity contribution in [3.63, 3.8) is 0 Å². The molecule has 0 unspecified atom stereocenters. The predicted molar refractivity (Wildman–Crippen MR) is 115 cm³/mol. The number of sulfonamides is 1. The first-order chi connectivity index (χ1) is 13.8. The predicted octanol–water partition coefficient (Wildman–Crippen LogP) is 4.54. The Morgan fingerprint density at radius 3 is 2.07 bits per heavy atom. The maximum atomic E-state index is 12.4. The van der Waals surface area contributed by atoms with Gasteiger partial charge < -0.3 is 5.32 Å². The molecule has 0 aromatic heterocycles. The Balaban J connectivity index is 1.63. The van der Waals surface area contributed by atoms with E-state index in [2.05, 4.69) is 23.9 Å². The van der Waals surface area contributed by atoms with Gasteiger partial charge in [0.15, 0.2) is 0 Å². The van der Waals surface area contributed by atoms with Crippen LogP contribution in [-0.4, -0.2) is 14.3 Å². The number of rotatable bonds is 7. The summed E-state index contributed by atoms with van der Waals surface area (Å²) in [5, 5.41) is 2.79. The minimum atomic E-state index is -3.63. The van der Waals surface area contributed by atoms with Gasteiger partial charge in [0.05, 0.1) is 4.90 Å². The Bertz CT molecular complexity index is 1060. The Kier molecular flexibility index (Phi) is 6.46. The van der Waals surface area contributed by atoms with Gasteiger partial charge >= 0.3 is 0 Å². The molecule has 0 aliphatic carbocycles. The topological polar surface area (TPSA) is 75.3 Å². The van der Waals surface area contributed by atoms with Gasteiger partial charge in [-0.25, -0.2) is 13.1 Å². The summed E-state index contributed by atoms with van der Waals surface area (Å²) in [6.45, 7) is 4.41. The normalized spacial score (nSPS) is 11.4. The van der Waals surface area contributed by atoms with Crippen LogP contribution in [0.4, 0.5) is 5.69 Å². The van der Waals surface area contributed by atoms with Gasteiger partial charge in [-0.15, -0.1) is 0 Å². The maximum Gasteiger partial charge on any atom is 0.255 e. The fourth-order valence-electron chi connectivity index (χ4n) is 2.80. The van der Waals surface area contributed by atoms with Crippen LogP contribution in [0, 0.1) is 0 Å². The van der Waals surface area contributed by atoms with Gasteiger partial charge in [-0.1, -0.05) is 56.3 Å². The van der Waals surface area contributed by atoms with Crippen LogP contribution in [0.15, 0.2) is 83.8 Å². The van der Waals surface area contributed by atoms with Crippen molar-refractivity contribution in [2.24, 2.45) is 0 Å². The van der Waals surface area contributed by atoms with Crippen molar-refractivity contribution in [2.75, 3.05) is 5.32 Å². The number of benzene rings is 3. The summed E-state index contributed by atoms with van der Waals surface area (Å²) < 4.78 is 27.5. The van der Waals surface area contributed by atoms with Crippen molar-refractivity contribution >= 4 is 21.6 Å². The Morgan fingerprint density at radius 1 is 0.862 bits per heavy atom. The molecule has 0 spiro atoms. The first-order valence-electron chi connectivity index (χ1n) is 9.40. The molecule has 1 amide bonds. The average Bonchev–Trinajstić information content (AvgIpc) is 2.73. The van der Waals surface area contributed by atoms with Crippen molar-refractivity contribution in [3.05, 3.63) is 95.6 Å². The van der Waals surface area contributed by atoms with E-state index in [-0.39, 0.29) is 17.3 Å². The second-order valence-corrected chi connectivity index (χ2v) is 8.83. The smallest absolute Gasteiger partial charge is 0.255 e. The molecule has 0 fully saturated rings. The fourth-order valence-corrected chi connectivity index (χ4v) is 3.82. The lowest BCUT2D eigenvalue weighted by atomic mass is 10.0. The molecule has 3 rings (SSSR count). The summed E-state index contributed by atoms with van der Waals surface area (Å²) in [5.41, 5.74) is 3.13. The van der Waals surface area contributed by atoms with Crippen LogP contribution < -0.4 is 10.0 Å². The number of carbonyl (C=O) groups excluding carboxylic acids is 1. The van der Waals surface area contributed by atoms with Crippen LogP contribution in [-0.2, 0) is 16.6 Å². The van der Waals surface area contributed by atoms with E-state index < -0.39 is 10.0 Å². The first kappa shape index (κ1) is 20.8. The van der Waals surface area contributed by atoms with Crippen molar-refractivity contribution < 1.29 is 13.2 Å². The molecule has 3 aromatic carbocycles. The highest BCUT2D eigenvalue weighted by atomic mass is 32.2. The van der Waals surface area contributed by atoms with Crippen molar-refractivity contribution in [1.82, 2.24) is 4.72 Å². The molecule has 0 heterocycles. The molecule has 29 heavy (non-hydrogen) atoms. The second-order valence-electron chi connectivity index (χ2n) is 7.07. The maximum absolute atomic E-state index is 12.4. The Hall–Kier alpha value is -2.96. The lowest BCUT2D eigenvalue weighted by molar-refractivity contribution is 0.102. The zero-order valence-electron chi connectivity index (χ0n) is 16.4. The molecule has 6 heteroatoms. The lowest BCUT2D eigenvalue weighted by Gasteiger charge is -2.10. The summed E-state index contributed by atoms with van der Waals surface area (Å²) in [5.74, 6) is 0.162. The molecule has 150 valence electrons. The summed E-state index contributed by atoms with van der Waals surface area (Å²) in [7, 11) is -3.63. The highest BCUT2D eigenvalue weighted by molar-refractivity contribution is 7.89. The standard InChI is InChI=1S/C23H24N2O3S/c1-17(2)19-8-10-20(11-9-19)23(26)25-21-12-14-22(15-13-21)29(27,28)24-16-18-6-4-3-5-7-18/h3-15,17,24H,16H2,1-2H3,(H,25,26). The minimum absolute atomic E-state index is 0.146. The molecule has 0 atom stereocenters. The number of anilines is 1. The molecule has 0 aliphatic heterocycles. The van der Waals surface area contributed by atoms with Crippen LogP contribution in [0.3, 0.4) is 0 Å². The molecule has 0 radical (unpaired) electrons. The van der Waals surface area contributed by atoms with E-state index in [1.165, 1.54) is 17.7 Å². The Morgan fingerprint density at radius 2 is 1.48 bits per heavy atom. The van der Waals surface area contributed by atoms with Crippen LogP contribution in [0.5, 0.6) is 0 Å². The first-order valence-corrected chi connectivity index (χ1v) is 10.9. The van der Waals surface area contributed by atoms with Crippen LogP contribution in [0.2, 0.25) is 0 Å². The molecule has 3 aromatic rings. The summed E-state index contributed by atoms with van der Waals surface area (Å²) in [4.78, 5) is 12.5. The van der Waals surface area contributed by atoms with E-state index in [4.69, 9.17) is 0 Å². The Labute approximate surface area is 171 Å². The summed E-state index contributed by atoms with van der Waals surface area (Å²) in [6.07, 6.45) is 0. The van der Waals surface area contributed by atoms with Crippen molar-refractivity contribution in [2.45, 2.75) is 31.2 Å². The molecular formula is C23H24N2O3S. The van der Waals surface area contributed by atoms with Crippen LogP contribution >= 0.6 is 0 Å². The summed E-state index contributed by atoms with van der Waals surface area (Å²) >= 11 is 0. The number of nitrogens with one attached hydrogen (secondary N) is 2. The molecule has 0 saturated heterocycles. The van der Waals surface area contributed by atoms with E-state index in [9.17, 15) is 13.2 Å². The fraction of sp³-hybridized carbons (Fsp3) is 0.174. The molecule has 5 nitrogen and oxygen atoms in total. The van der Waals surface area contributed by atoms with Gasteiger partial charge in [0.2, 0.25) is 10.0 Å². The van der Waals surface area contributed by atoms with Gasteiger partial charge in [0, 0.05) is 17.8 Å². The third-order valence-electron chi connectivity index (χ3n) is 4.57. The zero-order chi connectivity index (χ0) is 20.9. The molecule has 0 aliphatic rings. The highest BCUT2D eigenvalue weighted by Gasteiger charge is 2.14. The van der Waals surface area contributed by atoms with Gasteiger partial charge in [-0.05, 0) is 53.4 Å². The second kappa shape index (κ2) is 9.03. The lowest BCUT2D eigenvalue weighted by Crippen LogP contribution is -2.23. The third-order valence-corrected chi connectivity index (χ3v) is 5.99. The molecule has 0 bridgehead atoms. The van der Waals surface area contributed by atoms with E-state index in [0.717, 1.165) is 5.56 Å². The van der Waals surface area contributed by atoms with E-state index in [1.54, 1.807) is 24.3 Å². The third kappa shape index (κ3) is 5.53. The molecule has 0 saturated carbocycles. The quantitative estimate of drug-likeness (QED) is 0.603.